The summed E-state index contributed by atoms with van der Waals surface area (Å²) in [5, 5.41) is 6.89. The van der Waals surface area contributed by atoms with E-state index >= 15 is 0 Å². The van der Waals surface area contributed by atoms with E-state index in [4.69, 9.17) is 4.74 Å². The lowest BCUT2D eigenvalue weighted by atomic mass is 10.1. The van der Waals surface area contributed by atoms with Crippen molar-refractivity contribution in [1.29, 1.82) is 0 Å². The van der Waals surface area contributed by atoms with Crippen molar-refractivity contribution in [2.45, 2.75) is 31.7 Å². The molecule has 1 unspecified atom stereocenters. The van der Waals surface area contributed by atoms with Crippen LogP contribution in [0.1, 0.15) is 58.1 Å². The van der Waals surface area contributed by atoms with Crippen molar-refractivity contribution in [1.82, 2.24) is 9.78 Å². The molecule has 3 rings (SSSR count). The molecule has 1 N–H and O–H groups in total. The number of rotatable bonds is 6. The molecule has 1 atom stereocenters. The van der Waals surface area contributed by atoms with Crippen LogP contribution in [0.5, 0.6) is 0 Å². The quantitative estimate of drug-likeness (QED) is 0.737. The predicted molar refractivity (Wildman–Crippen MR) is 103 cm³/mol. The lowest BCUT2D eigenvalue weighted by molar-refractivity contribution is -0.119. The summed E-state index contributed by atoms with van der Waals surface area (Å²) in [5.74, 6) is -1.56. The van der Waals surface area contributed by atoms with E-state index in [1.807, 2.05) is 0 Å². The summed E-state index contributed by atoms with van der Waals surface area (Å²) < 4.78 is 10.5. The Morgan fingerprint density at radius 3 is 2.41 bits per heavy atom. The number of benzene rings is 1. The Morgan fingerprint density at radius 2 is 1.79 bits per heavy atom. The Balaban J connectivity index is 1.91. The lowest BCUT2D eigenvalue weighted by Gasteiger charge is -2.16. The van der Waals surface area contributed by atoms with Crippen LogP contribution >= 0.6 is 0 Å². The number of aromatic nitrogens is 2. The minimum Gasteiger partial charge on any atom is -0.465 e. The number of esters is 2. The van der Waals surface area contributed by atoms with Crippen LogP contribution in [0.2, 0.25) is 0 Å². The normalized spacial score (nSPS) is 14.0. The monoisotopic (exact) mass is 399 g/mol. The van der Waals surface area contributed by atoms with Gasteiger partial charge in [-0.1, -0.05) is 0 Å². The molecule has 1 amide bonds. The highest BCUT2D eigenvalue weighted by molar-refractivity contribution is 6.04. The van der Waals surface area contributed by atoms with Gasteiger partial charge in [-0.3, -0.25) is 9.59 Å². The minimum atomic E-state index is -0.937. The number of anilines is 1. The third-order valence-electron chi connectivity index (χ3n) is 4.69. The van der Waals surface area contributed by atoms with Crippen LogP contribution in [0.3, 0.4) is 0 Å². The average Bonchev–Trinajstić information content (AvgIpc) is 3.57. The Kier molecular flexibility index (Phi) is 5.76. The molecule has 1 aromatic heterocycles. The number of nitrogens with zero attached hydrogens (tertiary/aromatic N) is 2. The number of hydrogen-bond acceptors (Lipinski definition) is 7. The van der Waals surface area contributed by atoms with E-state index in [1.165, 1.54) is 45.4 Å². The van der Waals surface area contributed by atoms with E-state index in [9.17, 15) is 19.2 Å². The Labute approximate surface area is 166 Å². The van der Waals surface area contributed by atoms with Gasteiger partial charge in [0.1, 0.15) is 6.04 Å². The molecule has 0 spiro atoms. The van der Waals surface area contributed by atoms with Crippen LogP contribution in [0.4, 0.5) is 5.69 Å². The van der Waals surface area contributed by atoms with Gasteiger partial charge in [0.2, 0.25) is 5.91 Å². The molecule has 1 aromatic carbocycles. The molecule has 29 heavy (non-hydrogen) atoms. The zero-order valence-corrected chi connectivity index (χ0v) is 16.3. The SMILES string of the molecule is COC(=O)c1ccc(C(=O)OC)c(NC(=O)C(C)n2nc(C3CC3)ccc2=O)c1. The molecule has 9 heteroatoms. The smallest absolute Gasteiger partial charge is 0.339 e. The minimum absolute atomic E-state index is 0.0627. The Hall–Kier alpha value is -3.49. The Morgan fingerprint density at radius 1 is 1.10 bits per heavy atom. The van der Waals surface area contributed by atoms with Gasteiger partial charge >= 0.3 is 11.9 Å². The highest BCUT2D eigenvalue weighted by atomic mass is 16.5. The van der Waals surface area contributed by atoms with Crippen molar-refractivity contribution in [3.8, 4) is 0 Å². The number of methoxy groups -OCH3 is 2. The van der Waals surface area contributed by atoms with Gasteiger partial charge in [0.15, 0.2) is 0 Å². The van der Waals surface area contributed by atoms with Crippen LogP contribution in [0, 0.1) is 0 Å². The fraction of sp³-hybridized carbons (Fsp3) is 0.350. The van der Waals surface area contributed by atoms with E-state index in [1.54, 1.807) is 6.07 Å². The van der Waals surface area contributed by atoms with Crippen molar-refractivity contribution in [2.75, 3.05) is 19.5 Å². The molecule has 1 heterocycles. The first-order valence-electron chi connectivity index (χ1n) is 9.07. The van der Waals surface area contributed by atoms with E-state index in [-0.39, 0.29) is 16.8 Å². The first-order valence-corrected chi connectivity index (χ1v) is 9.07. The van der Waals surface area contributed by atoms with Crippen LogP contribution in [-0.4, -0.2) is 41.8 Å². The maximum atomic E-state index is 12.8. The highest BCUT2D eigenvalue weighted by Crippen LogP contribution is 2.38. The summed E-state index contributed by atoms with van der Waals surface area (Å²) in [7, 11) is 2.43. The van der Waals surface area contributed by atoms with Crippen molar-refractivity contribution in [3.63, 3.8) is 0 Å². The molecule has 0 radical (unpaired) electrons. The summed E-state index contributed by atoms with van der Waals surface area (Å²) in [6.45, 7) is 1.53. The van der Waals surface area contributed by atoms with E-state index in [2.05, 4.69) is 15.2 Å². The standard InChI is InChI=1S/C20H21N3O6/c1-11(23-17(24)9-8-15(22-23)12-4-5-12)18(25)21-16-10-13(19(26)28-2)6-7-14(16)20(27)29-3/h6-12H,4-5H2,1-3H3,(H,21,25). The topological polar surface area (TPSA) is 117 Å². The number of carbonyl (C=O) groups excluding carboxylic acids is 3. The Bertz CT molecular complexity index is 1030. The van der Waals surface area contributed by atoms with E-state index < -0.39 is 29.4 Å². The van der Waals surface area contributed by atoms with Gasteiger partial charge in [0, 0.05) is 12.0 Å². The number of hydrogen-bond donors (Lipinski definition) is 1. The molecule has 0 saturated heterocycles. The van der Waals surface area contributed by atoms with Gasteiger partial charge < -0.3 is 14.8 Å². The second kappa shape index (κ2) is 8.26. The van der Waals surface area contributed by atoms with Gasteiger partial charge in [-0.25, -0.2) is 14.3 Å². The van der Waals surface area contributed by atoms with Gasteiger partial charge in [0.05, 0.1) is 36.7 Å². The molecular formula is C20H21N3O6. The molecule has 152 valence electrons. The second-order valence-electron chi connectivity index (χ2n) is 6.72. The average molecular weight is 399 g/mol. The fourth-order valence-corrected chi connectivity index (χ4v) is 2.84. The van der Waals surface area contributed by atoms with Crippen molar-refractivity contribution >= 4 is 23.5 Å². The zero-order valence-electron chi connectivity index (χ0n) is 16.3. The van der Waals surface area contributed by atoms with Crippen LogP contribution in [0.15, 0.2) is 35.1 Å². The van der Waals surface area contributed by atoms with Crippen LogP contribution < -0.4 is 10.9 Å². The second-order valence-corrected chi connectivity index (χ2v) is 6.72. The maximum absolute atomic E-state index is 12.8. The number of ether oxygens (including phenoxy) is 2. The van der Waals surface area contributed by atoms with Gasteiger partial charge in [0.25, 0.3) is 5.56 Å². The first-order chi connectivity index (χ1) is 13.8. The number of nitrogens with one attached hydrogen (secondary N) is 1. The third-order valence-corrected chi connectivity index (χ3v) is 4.69. The molecule has 1 saturated carbocycles. The van der Waals surface area contributed by atoms with Crippen molar-refractivity contribution < 1.29 is 23.9 Å². The van der Waals surface area contributed by atoms with Crippen molar-refractivity contribution in [2.24, 2.45) is 0 Å². The predicted octanol–water partition coefficient (Wildman–Crippen LogP) is 1.89. The molecule has 1 aliphatic rings. The summed E-state index contributed by atoms with van der Waals surface area (Å²) in [5.41, 5.74) is 0.644. The van der Waals surface area contributed by atoms with E-state index in [0.717, 1.165) is 23.2 Å². The molecule has 1 fully saturated rings. The third kappa shape index (κ3) is 4.34. The molecule has 9 nitrogen and oxygen atoms in total. The van der Waals surface area contributed by atoms with Crippen LogP contribution in [0.25, 0.3) is 0 Å². The molecule has 2 aromatic rings. The fourth-order valence-electron chi connectivity index (χ4n) is 2.84. The van der Waals surface area contributed by atoms with Crippen LogP contribution in [-0.2, 0) is 14.3 Å². The first kappa shape index (κ1) is 20.2. The lowest BCUT2D eigenvalue weighted by Crippen LogP contribution is -2.34. The molecular weight excluding hydrogens is 378 g/mol. The number of amides is 1. The van der Waals surface area contributed by atoms with Gasteiger partial charge in [-0.2, -0.15) is 5.10 Å². The summed E-state index contributed by atoms with van der Waals surface area (Å²) >= 11 is 0. The van der Waals surface area contributed by atoms with Gasteiger partial charge in [-0.05, 0) is 44.0 Å². The molecule has 0 aliphatic heterocycles. The summed E-state index contributed by atoms with van der Waals surface area (Å²) in [4.78, 5) is 48.8. The largest absolute Gasteiger partial charge is 0.465 e. The van der Waals surface area contributed by atoms with E-state index in [0.29, 0.717) is 5.92 Å². The maximum Gasteiger partial charge on any atom is 0.339 e. The molecule has 0 bridgehead atoms. The summed E-state index contributed by atoms with van der Waals surface area (Å²) in [6.07, 6.45) is 2.02. The number of carbonyl (C=O) groups is 3. The van der Waals surface area contributed by atoms with Gasteiger partial charge in [-0.15, -0.1) is 0 Å². The highest BCUT2D eigenvalue weighted by Gasteiger charge is 2.27. The summed E-state index contributed by atoms with van der Waals surface area (Å²) in [6, 6.07) is 6.20. The van der Waals surface area contributed by atoms with Crippen molar-refractivity contribution in [3.05, 3.63) is 57.5 Å². The zero-order chi connectivity index (χ0) is 21.1. The molecule has 1 aliphatic carbocycles.